The first-order chi connectivity index (χ1) is 42.9. The van der Waals surface area contributed by atoms with Gasteiger partial charge in [0.1, 0.15) is 0 Å². The van der Waals surface area contributed by atoms with Gasteiger partial charge in [-0.15, -0.1) is 0 Å². The smallest absolute Gasteiger partial charge is 0.0782 e. The van der Waals surface area contributed by atoms with Gasteiger partial charge in [0.25, 0.3) is 0 Å². The Morgan fingerprint density at radius 1 is 0.281 bits per heavy atom. The summed E-state index contributed by atoms with van der Waals surface area (Å²) >= 11 is 0. The Morgan fingerprint density at radius 2 is 0.702 bits per heavy atom. The topological polar surface area (TPSA) is 14.8 Å². The predicted octanol–water partition coefficient (Wildman–Crippen LogP) is 14.3. The van der Waals surface area contributed by atoms with Crippen LogP contribution in [-0.2, 0) is 0 Å². The first kappa shape index (κ1) is 12.7. The van der Waals surface area contributed by atoms with Crippen LogP contribution in [0.25, 0.3) is 105 Å². The summed E-state index contributed by atoms with van der Waals surface area (Å²) in [5.74, 6) is 0. The van der Waals surface area contributed by atoms with E-state index in [-0.39, 0.29) is 0 Å². The quantitative estimate of drug-likeness (QED) is 0.166. The second kappa shape index (κ2) is 12.5. The maximum atomic E-state index is 10.1. The summed E-state index contributed by atoms with van der Waals surface area (Å²) in [7, 11) is 0. The third-order valence-corrected chi connectivity index (χ3v) is 9.34. The van der Waals surface area contributed by atoms with Crippen molar-refractivity contribution in [2.45, 2.75) is 0 Å². The van der Waals surface area contributed by atoms with Gasteiger partial charge in [0, 0.05) is 38.0 Å². The van der Waals surface area contributed by atoms with Crippen LogP contribution in [0.2, 0.25) is 0 Å². The molecule has 0 amide bonds. The number of rotatable bonds is 5. The molecule has 0 spiro atoms. The van der Waals surface area contributed by atoms with Gasteiger partial charge in [-0.05, 0) is 82.7 Å². The van der Waals surface area contributed by atoms with Crippen LogP contribution in [-0.4, -0.2) is 13.7 Å². The summed E-state index contributed by atoms with van der Waals surface area (Å²) in [6.07, 6.45) is 0. The van der Waals surface area contributed by atoms with E-state index in [1.807, 2.05) is 0 Å². The molecule has 0 unspecified atom stereocenters. The lowest BCUT2D eigenvalue weighted by Gasteiger charge is -2.16. The Bertz CT molecular complexity index is 5350. The normalized spacial score (nSPS) is 20.5. The maximum Gasteiger partial charge on any atom is 0.0782 e. The standard InChI is InChI=1S/C54H35N3/c1-3-17-36(18-4-1)38-33-39(37-19-5-2-6-20-37)35-40(34-38)55-49-29-14-10-24-45(49)53-50(55)30-16-31-51(53)57-48-28-13-9-23-43(48)44-25-15-32-52(54(44)57)56-46-26-11-7-21-41(46)42-22-8-12-27-47(42)56/h1-35H/i1D,2D,3D,4D,5D,6D,7D,8D,9D,10D,11D,12D,13D,14D,15D,16D,17D,18D,19D,20D,21D,22D,23D,24D,25D,26D,27D,28D,29D,30D,31D,32D,33D,34D,35D. The summed E-state index contributed by atoms with van der Waals surface area (Å²) in [5, 5.41) is -4.39. The summed E-state index contributed by atoms with van der Waals surface area (Å²) in [5.41, 5.74) is -12.1. The predicted molar refractivity (Wildman–Crippen MR) is 240 cm³/mol. The highest BCUT2D eigenvalue weighted by molar-refractivity contribution is 6.18. The second-order valence-electron chi connectivity index (χ2n) is 12.3. The van der Waals surface area contributed by atoms with E-state index in [1.54, 1.807) is 0 Å². The Balaban J connectivity index is 1.45. The minimum absolute atomic E-state index is 0.561. The SMILES string of the molecule is [2H]c1c([2H])c([2H])c(-c2c([2H])c(-c3c([2H])c([2H])c([2H])c([2H])c3[2H])c([2H])c(-n3c4c([2H])c([2H])c([2H])c([2H])c4c4c(-n5c6c([2H])c([2H])c([2H])c([2H])c6c6c([2H])c([2H])c([2H])c(-n7c8c([2H])c([2H])c([2H])c([2H])c8c8c([2H])c([2H])c([2H])c([2H])c87)c65)c([2H])c([2H])c([2H])c43)c2[2H])c([2H])c1[2H]. The largest absolute Gasteiger partial charge is 0.309 e. The highest BCUT2D eigenvalue weighted by Crippen LogP contribution is 2.43. The minimum Gasteiger partial charge on any atom is -0.309 e. The monoisotopic (exact) mass is 761 g/mol. The van der Waals surface area contributed by atoms with Crippen molar-refractivity contribution >= 4 is 65.4 Å². The van der Waals surface area contributed by atoms with Crippen LogP contribution in [0.5, 0.6) is 0 Å². The van der Waals surface area contributed by atoms with Crippen molar-refractivity contribution in [2.24, 2.45) is 0 Å². The van der Waals surface area contributed by atoms with Gasteiger partial charge in [0.2, 0.25) is 0 Å². The first-order valence-corrected chi connectivity index (χ1v) is 16.8. The summed E-state index contributed by atoms with van der Waals surface area (Å²) in [4.78, 5) is 0. The Kier molecular flexibility index (Phi) is 2.78. The van der Waals surface area contributed by atoms with Crippen LogP contribution in [0.1, 0.15) is 48.0 Å². The van der Waals surface area contributed by atoms with E-state index >= 15 is 0 Å². The van der Waals surface area contributed by atoms with Crippen molar-refractivity contribution in [1.82, 2.24) is 13.7 Å². The number of benzene rings is 9. The van der Waals surface area contributed by atoms with Crippen LogP contribution in [0, 0.1) is 0 Å². The second-order valence-corrected chi connectivity index (χ2v) is 12.3. The lowest BCUT2D eigenvalue weighted by molar-refractivity contribution is 1.14. The van der Waals surface area contributed by atoms with Crippen molar-refractivity contribution in [2.75, 3.05) is 0 Å². The third-order valence-electron chi connectivity index (χ3n) is 9.34. The fourth-order valence-electron chi connectivity index (χ4n) is 7.10. The molecular weight excluding hydrogens is 691 g/mol. The minimum atomic E-state index is -1.25. The van der Waals surface area contributed by atoms with E-state index in [1.165, 1.54) is 0 Å². The van der Waals surface area contributed by atoms with Crippen LogP contribution >= 0.6 is 0 Å². The Hall–Kier alpha value is -7.62. The number of hydrogen-bond donors (Lipinski definition) is 0. The van der Waals surface area contributed by atoms with Gasteiger partial charge in [-0.2, -0.15) is 0 Å². The molecule has 0 radical (unpaired) electrons. The Labute approximate surface area is 378 Å². The zero-order chi connectivity index (χ0) is 67.9. The lowest BCUT2D eigenvalue weighted by Crippen LogP contribution is -2.01. The van der Waals surface area contributed by atoms with E-state index in [0.717, 1.165) is 0 Å². The van der Waals surface area contributed by atoms with Crippen molar-refractivity contribution in [1.29, 1.82) is 0 Å². The van der Waals surface area contributed by atoms with Gasteiger partial charge in [-0.1, -0.05) is 151 Å². The molecule has 3 heteroatoms. The number of hydrogen-bond acceptors (Lipinski definition) is 0. The molecule has 12 rings (SSSR count). The van der Waals surface area contributed by atoms with Gasteiger partial charge in [0.15, 0.2) is 0 Å². The van der Waals surface area contributed by atoms with E-state index in [0.29, 0.717) is 13.7 Å². The van der Waals surface area contributed by atoms with Crippen molar-refractivity contribution in [3.05, 3.63) is 211 Å². The number of aromatic nitrogens is 3. The van der Waals surface area contributed by atoms with Crippen molar-refractivity contribution < 1.29 is 48.0 Å². The highest BCUT2D eigenvalue weighted by Gasteiger charge is 2.23. The number of para-hydroxylation sites is 5. The molecule has 0 aliphatic rings. The fraction of sp³-hybridized carbons (Fsp3) is 0. The average molecular weight is 761 g/mol. The summed E-state index contributed by atoms with van der Waals surface area (Å²) in [6, 6.07) is -37.4. The first-order valence-electron chi connectivity index (χ1n) is 34.3. The average Bonchev–Trinajstić information content (AvgIpc) is 1.50. The molecule has 3 heterocycles. The maximum absolute atomic E-state index is 10.1. The third kappa shape index (κ3) is 4.73. The van der Waals surface area contributed by atoms with Crippen LogP contribution in [0.3, 0.4) is 0 Å². The van der Waals surface area contributed by atoms with Crippen molar-refractivity contribution in [3.63, 3.8) is 0 Å². The lowest BCUT2D eigenvalue weighted by atomic mass is 9.98. The van der Waals surface area contributed by atoms with Crippen LogP contribution < -0.4 is 0 Å². The molecule has 0 fully saturated rings. The van der Waals surface area contributed by atoms with Crippen LogP contribution in [0.4, 0.5) is 0 Å². The molecule has 0 aliphatic carbocycles. The number of fused-ring (bicyclic) bond motifs is 9. The molecule has 0 bridgehead atoms. The molecule has 0 aliphatic heterocycles. The molecule has 0 saturated heterocycles. The highest BCUT2D eigenvalue weighted by atomic mass is 15.1. The fourth-order valence-corrected chi connectivity index (χ4v) is 7.10. The van der Waals surface area contributed by atoms with Gasteiger partial charge in [0.05, 0.1) is 92.5 Å². The van der Waals surface area contributed by atoms with Crippen LogP contribution in [0.15, 0.2) is 211 Å². The van der Waals surface area contributed by atoms with Crippen molar-refractivity contribution in [3.8, 4) is 39.3 Å². The summed E-state index contributed by atoms with van der Waals surface area (Å²) < 4.78 is 325. The van der Waals surface area contributed by atoms with E-state index in [2.05, 4.69) is 0 Å². The molecular formula is C54H35N3. The Morgan fingerprint density at radius 3 is 1.30 bits per heavy atom. The van der Waals surface area contributed by atoms with E-state index in [4.69, 9.17) is 27.4 Å². The zero-order valence-electron chi connectivity index (χ0n) is 63.3. The molecule has 0 N–H and O–H groups in total. The zero-order valence-corrected chi connectivity index (χ0v) is 28.3. The van der Waals surface area contributed by atoms with Gasteiger partial charge < -0.3 is 13.7 Å². The van der Waals surface area contributed by atoms with E-state index < -0.39 is 316 Å². The molecule has 0 saturated carbocycles. The molecule has 9 aromatic carbocycles. The van der Waals surface area contributed by atoms with E-state index in [9.17, 15) is 20.6 Å². The number of nitrogens with zero attached hydrogens (tertiary/aromatic N) is 3. The molecule has 3 nitrogen and oxygen atoms in total. The van der Waals surface area contributed by atoms with Gasteiger partial charge in [-0.3, -0.25) is 0 Å². The molecule has 0 atom stereocenters. The molecule has 266 valence electrons. The summed E-state index contributed by atoms with van der Waals surface area (Å²) in [6.45, 7) is 0. The van der Waals surface area contributed by atoms with Gasteiger partial charge in [-0.25, -0.2) is 0 Å². The molecule has 12 aromatic rings. The molecule has 3 aromatic heterocycles. The van der Waals surface area contributed by atoms with Gasteiger partial charge >= 0.3 is 0 Å². The molecule has 57 heavy (non-hydrogen) atoms.